The molecule has 0 bridgehead atoms. The third-order valence-electron chi connectivity index (χ3n) is 5.44. The third-order valence-corrected chi connectivity index (χ3v) is 5.44. The minimum Gasteiger partial charge on any atom is -0.293 e. The minimum atomic E-state index is -2.56. The molecule has 132 valence electrons. The summed E-state index contributed by atoms with van der Waals surface area (Å²) in [7, 11) is 0. The summed E-state index contributed by atoms with van der Waals surface area (Å²) in [5, 5.41) is 7.00. The number of alkyl halides is 2. The number of halogens is 2. The highest BCUT2D eigenvalue weighted by molar-refractivity contribution is 5.93. The van der Waals surface area contributed by atoms with Crippen molar-refractivity contribution in [2.45, 2.75) is 44.6 Å². The molecular weight excluding hydrogens is 326 g/mol. The first-order valence-electron chi connectivity index (χ1n) is 8.58. The normalized spacial score (nSPS) is 23.4. The molecule has 4 rings (SSSR count). The van der Waals surface area contributed by atoms with E-state index in [1.165, 1.54) is 0 Å². The zero-order valence-corrected chi connectivity index (χ0v) is 13.8. The van der Waals surface area contributed by atoms with E-state index in [-0.39, 0.29) is 36.0 Å². The second kappa shape index (κ2) is 5.89. The molecule has 2 saturated carbocycles. The molecule has 1 aromatic heterocycles. The van der Waals surface area contributed by atoms with Gasteiger partial charge in [-0.3, -0.25) is 10.1 Å². The maximum atomic E-state index is 13.3. The Morgan fingerprint density at radius 3 is 2.64 bits per heavy atom. The molecule has 1 spiro atoms. The van der Waals surface area contributed by atoms with Crippen LogP contribution in [0.25, 0.3) is 0 Å². The molecule has 1 atom stereocenters. The summed E-state index contributed by atoms with van der Waals surface area (Å²) in [6.07, 6.45) is 2.90. The van der Waals surface area contributed by atoms with E-state index in [0.29, 0.717) is 25.8 Å². The smallest absolute Gasteiger partial charge is 0.248 e. The molecule has 2 aromatic rings. The van der Waals surface area contributed by atoms with Gasteiger partial charge in [0.05, 0.1) is 6.54 Å². The molecular formula is C18H20F2N4O. The second-order valence-corrected chi connectivity index (χ2v) is 7.22. The van der Waals surface area contributed by atoms with E-state index in [1.807, 2.05) is 30.3 Å². The van der Waals surface area contributed by atoms with Crippen LogP contribution in [0.4, 0.5) is 14.7 Å². The molecule has 0 saturated heterocycles. The summed E-state index contributed by atoms with van der Waals surface area (Å²) in [6.45, 7) is 0.576. The monoisotopic (exact) mass is 346 g/mol. The Bertz CT molecular complexity index is 764. The van der Waals surface area contributed by atoms with Crippen LogP contribution in [-0.2, 0) is 11.3 Å². The quantitative estimate of drug-likeness (QED) is 0.922. The maximum Gasteiger partial charge on any atom is 0.248 e. The summed E-state index contributed by atoms with van der Waals surface area (Å²) in [5.41, 5.74) is 0.868. The lowest BCUT2D eigenvalue weighted by Crippen LogP contribution is -2.28. The molecule has 1 amide bonds. The number of carbonyl (C=O) groups excluding carboxylic acids is 1. The number of anilines is 1. The highest BCUT2D eigenvalue weighted by Crippen LogP contribution is 2.63. The van der Waals surface area contributed by atoms with Gasteiger partial charge in [0.25, 0.3) is 0 Å². The number of hydrogen-bond acceptors (Lipinski definition) is 3. The van der Waals surface area contributed by atoms with Crippen molar-refractivity contribution < 1.29 is 13.6 Å². The van der Waals surface area contributed by atoms with Crippen LogP contribution in [-0.4, -0.2) is 26.6 Å². The molecule has 1 N–H and O–H groups in total. The zero-order valence-electron chi connectivity index (χ0n) is 13.8. The van der Waals surface area contributed by atoms with E-state index in [4.69, 9.17) is 0 Å². The first-order chi connectivity index (χ1) is 12.0. The Labute approximate surface area is 144 Å². The van der Waals surface area contributed by atoms with E-state index in [2.05, 4.69) is 15.4 Å². The van der Waals surface area contributed by atoms with Gasteiger partial charge in [-0.15, -0.1) is 5.10 Å². The van der Waals surface area contributed by atoms with E-state index < -0.39 is 5.92 Å². The van der Waals surface area contributed by atoms with Crippen molar-refractivity contribution in [1.82, 2.24) is 14.8 Å². The molecule has 2 aliphatic carbocycles. The fourth-order valence-corrected chi connectivity index (χ4v) is 3.78. The average Bonchev–Trinajstić information content (AvgIpc) is 3.15. The largest absolute Gasteiger partial charge is 0.293 e. The van der Waals surface area contributed by atoms with Crippen LogP contribution < -0.4 is 5.32 Å². The molecule has 5 nitrogen and oxygen atoms in total. The number of benzene rings is 1. The third kappa shape index (κ3) is 3.41. The van der Waals surface area contributed by atoms with E-state index in [9.17, 15) is 13.6 Å². The Kier molecular flexibility index (Phi) is 3.81. The topological polar surface area (TPSA) is 59.8 Å². The molecule has 0 aliphatic heterocycles. The average molecular weight is 346 g/mol. The molecule has 2 fully saturated rings. The molecule has 7 heteroatoms. The summed E-state index contributed by atoms with van der Waals surface area (Å²) in [5.74, 6) is -2.64. The van der Waals surface area contributed by atoms with Crippen molar-refractivity contribution in [3.8, 4) is 0 Å². The van der Waals surface area contributed by atoms with Gasteiger partial charge >= 0.3 is 0 Å². The van der Waals surface area contributed by atoms with Gasteiger partial charge in [-0.2, -0.15) is 0 Å². The highest BCUT2D eigenvalue weighted by Gasteiger charge is 2.61. The van der Waals surface area contributed by atoms with Gasteiger partial charge in [0.1, 0.15) is 6.33 Å². The number of amides is 1. The highest BCUT2D eigenvalue weighted by atomic mass is 19.3. The van der Waals surface area contributed by atoms with Crippen LogP contribution in [0.15, 0.2) is 36.7 Å². The van der Waals surface area contributed by atoms with Crippen LogP contribution in [0.1, 0.15) is 37.7 Å². The van der Waals surface area contributed by atoms with Gasteiger partial charge in [0, 0.05) is 18.8 Å². The van der Waals surface area contributed by atoms with E-state index in [0.717, 1.165) is 5.56 Å². The number of nitrogens with zero attached hydrogens (tertiary/aromatic N) is 3. The summed E-state index contributed by atoms with van der Waals surface area (Å²) >= 11 is 0. The van der Waals surface area contributed by atoms with Crippen LogP contribution in [0, 0.1) is 11.3 Å². The Hall–Kier alpha value is -2.31. The lowest BCUT2D eigenvalue weighted by atomic mass is 9.82. The van der Waals surface area contributed by atoms with Crippen molar-refractivity contribution in [2.75, 3.05) is 5.32 Å². The summed E-state index contributed by atoms with van der Waals surface area (Å²) in [4.78, 5) is 16.5. The van der Waals surface area contributed by atoms with Crippen LogP contribution in [0.5, 0.6) is 0 Å². The fourth-order valence-electron chi connectivity index (χ4n) is 3.78. The summed E-state index contributed by atoms with van der Waals surface area (Å²) in [6, 6.07) is 9.84. The number of nitrogens with one attached hydrogen (secondary N) is 1. The predicted molar refractivity (Wildman–Crippen MR) is 88.2 cm³/mol. The zero-order chi connectivity index (χ0) is 17.5. The Morgan fingerprint density at radius 1 is 1.20 bits per heavy atom. The van der Waals surface area contributed by atoms with Gasteiger partial charge in [-0.05, 0) is 30.2 Å². The van der Waals surface area contributed by atoms with Crippen molar-refractivity contribution >= 4 is 11.9 Å². The maximum absolute atomic E-state index is 13.3. The molecule has 0 radical (unpaired) electrons. The summed E-state index contributed by atoms with van der Waals surface area (Å²) < 4.78 is 28.3. The van der Waals surface area contributed by atoms with Gasteiger partial charge in [-0.1, -0.05) is 30.3 Å². The Morgan fingerprint density at radius 2 is 1.92 bits per heavy atom. The lowest BCUT2D eigenvalue weighted by Gasteiger charge is -2.28. The van der Waals surface area contributed by atoms with Crippen molar-refractivity contribution in [3.05, 3.63) is 42.2 Å². The van der Waals surface area contributed by atoms with Crippen LogP contribution in [0.3, 0.4) is 0 Å². The molecule has 25 heavy (non-hydrogen) atoms. The van der Waals surface area contributed by atoms with Gasteiger partial charge in [0.2, 0.25) is 17.8 Å². The molecule has 1 heterocycles. The standard InChI is InChI=1S/C18H20F2N4O/c19-18(20)8-6-17(7-9-18)10-14(17)15(25)22-16-21-12-24(23-16)11-13-4-2-1-3-5-13/h1-5,12,14H,6-11H2,(H,22,23,25). The minimum absolute atomic E-state index is 0.110. The van der Waals surface area contributed by atoms with Crippen LogP contribution in [0.2, 0.25) is 0 Å². The van der Waals surface area contributed by atoms with Crippen molar-refractivity contribution in [1.29, 1.82) is 0 Å². The molecule has 1 aromatic carbocycles. The SMILES string of the molecule is O=C(Nc1ncn(Cc2ccccc2)n1)C1CC12CCC(F)(F)CC2. The van der Waals surface area contributed by atoms with Gasteiger partial charge in [0.15, 0.2) is 0 Å². The number of carbonyl (C=O) groups is 1. The van der Waals surface area contributed by atoms with Gasteiger partial charge in [-0.25, -0.2) is 18.4 Å². The number of rotatable bonds is 4. The predicted octanol–water partition coefficient (Wildman–Crippen LogP) is 3.48. The second-order valence-electron chi connectivity index (χ2n) is 7.22. The number of hydrogen-bond donors (Lipinski definition) is 1. The fraction of sp³-hybridized carbons (Fsp3) is 0.500. The molecule has 2 aliphatic rings. The van der Waals surface area contributed by atoms with E-state index >= 15 is 0 Å². The van der Waals surface area contributed by atoms with Gasteiger partial charge < -0.3 is 0 Å². The van der Waals surface area contributed by atoms with Crippen molar-refractivity contribution in [3.63, 3.8) is 0 Å². The lowest BCUT2D eigenvalue weighted by molar-refractivity contribution is -0.119. The van der Waals surface area contributed by atoms with Crippen LogP contribution >= 0.6 is 0 Å². The van der Waals surface area contributed by atoms with E-state index in [1.54, 1.807) is 11.0 Å². The van der Waals surface area contributed by atoms with Crippen molar-refractivity contribution in [2.24, 2.45) is 11.3 Å². The first-order valence-corrected chi connectivity index (χ1v) is 8.58. The number of aromatic nitrogens is 3. The first kappa shape index (κ1) is 16.2. The Balaban J connectivity index is 1.34. The molecule has 1 unspecified atom stereocenters.